The van der Waals surface area contributed by atoms with E-state index in [1.165, 1.54) is 22.3 Å². The van der Waals surface area contributed by atoms with Gasteiger partial charge in [0.05, 0.1) is 0 Å². The van der Waals surface area contributed by atoms with Crippen molar-refractivity contribution in [1.82, 2.24) is 0 Å². The Bertz CT molecular complexity index is 1890. The molecule has 0 spiro atoms. The van der Waals surface area contributed by atoms with E-state index >= 15 is 9.13 Å². The van der Waals surface area contributed by atoms with Crippen LogP contribution < -0.4 is 26.5 Å². The topological polar surface area (TPSA) is 34.1 Å². The van der Waals surface area contributed by atoms with Crippen LogP contribution in [0.2, 0.25) is 0 Å². The van der Waals surface area contributed by atoms with Gasteiger partial charge in [0, 0.05) is 31.9 Å². The summed E-state index contributed by atoms with van der Waals surface area (Å²) < 4.78 is 30.4. The fraction of sp³-hybridized carbons (Fsp3) is 0.128. The molecule has 5 aromatic carbocycles. The van der Waals surface area contributed by atoms with Crippen LogP contribution in [-0.4, -0.2) is 0 Å². The van der Waals surface area contributed by atoms with E-state index in [0.717, 1.165) is 44.7 Å². The van der Waals surface area contributed by atoms with Crippen LogP contribution in [0.5, 0.6) is 0 Å². The summed E-state index contributed by atoms with van der Waals surface area (Å²) in [5.41, 5.74) is 4.62. The molecule has 43 heavy (non-hydrogen) atoms. The van der Waals surface area contributed by atoms with Gasteiger partial charge >= 0.3 is 0 Å². The number of allylic oxidation sites excluding steroid dienone is 4. The fourth-order valence-electron chi connectivity index (χ4n) is 6.93. The van der Waals surface area contributed by atoms with Crippen LogP contribution in [0, 0.1) is 0 Å². The Morgan fingerprint density at radius 3 is 1.42 bits per heavy atom. The highest BCUT2D eigenvalue weighted by molar-refractivity contribution is 7.85. The van der Waals surface area contributed by atoms with E-state index in [1.807, 2.05) is 121 Å². The van der Waals surface area contributed by atoms with Crippen molar-refractivity contribution in [3.63, 3.8) is 0 Å². The molecule has 212 valence electrons. The summed E-state index contributed by atoms with van der Waals surface area (Å²) in [6.45, 7) is 4.51. The third kappa shape index (κ3) is 4.39. The van der Waals surface area contributed by atoms with Gasteiger partial charge in [0.2, 0.25) is 0 Å². The number of hydrogen-bond donors (Lipinski definition) is 0. The van der Waals surface area contributed by atoms with E-state index in [-0.39, 0.29) is 5.41 Å². The second-order valence-electron chi connectivity index (χ2n) is 11.9. The summed E-state index contributed by atoms with van der Waals surface area (Å²) in [5.74, 6) is 0. The summed E-state index contributed by atoms with van der Waals surface area (Å²) in [7, 11) is -6.14. The molecule has 0 aliphatic heterocycles. The lowest BCUT2D eigenvalue weighted by atomic mass is 9.80. The minimum Gasteiger partial charge on any atom is -0.309 e. The average molecular weight is 597 g/mol. The Morgan fingerprint density at radius 2 is 0.953 bits per heavy atom. The van der Waals surface area contributed by atoms with Crippen LogP contribution in [-0.2, 0) is 14.5 Å². The van der Waals surface area contributed by atoms with E-state index in [0.29, 0.717) is 0 Å². The van der Waals surface area contributed by atoms with Crippen molar-refractivity contribution in [3.8, 4) is 0 Å². The van der Waals surface area contributed by atoms with Gasteiger partial charge in [-0.15, -0.1) is 0 Å². The van der Waals surface area contributed by atoms with Gasteiger partial charge in [-0.3, -0.25) is 0 Å². The molecule has 0 atom stereocenters. The predicted molar refractivity (Wildman–Crippen MR) is 183 cm³/mol. The van der Waals surface area contributed by atoms with Gasteiger partial charge in [0.1, 0.15) is 0 Å². The summed E-state index contributed by atoms with van der Waals surface area (Å²) in [4.78, 5) is 0. The fourth-order valence-corrected chi connectivity index (χ4v) is 12.5. The lowest BCUT2D eigenvalue weighted by molar-refractivity contribution is 0.589. The largest absolute Gasteiger partial charge is 0.309 e. The molecular weight excluding hydrogens is 562 g/mol. The van der Waals surface area contributed by atoms with Crippen molar-refractivity contribution in [2.24, 2.45) is 0 Å². The van der Waals surface area contributed by atoms with Crippen molar-refractivity contribution < 1.29 is 9.13 Å². The van der Waals surface area contributed by atoms with Gasteiger partial charge in [0.15, 0.2) is 14.3 Å². The Labute approximate surface area is 254 Å². The van der Waals surface area contributed by atoms with Crippen molar-refractivity contribution in [2.45, 2.75) is 32.1 Å². The van der Waals surface area contributed by atoms with Crippen molar-refractivity contribution in [1.29, 1.82) is 0 Å². The molecule has 0 unspecified atom stereocenters. The van der Waals surface area contributed by atoms with Crippen LogP contribution >= 0.6 is 14.3 Å². The van der Waals surface area contributed by atoms with E-state index in [1.54, 1.807) is 0 Å². The van der Waals surface area contributed by atoms with Crippen molar-refractivity contribution in [2.75, 3.05) is 0 Å². The summed E-state index contributed by atoms with van der Waals surface area (Å²) >= 11 is 0. The second-order valence-corrected chi connectivity index (χ2v) is 17.5. The highest BCUT2D eigenvalue weighted by atomic mass is 31.2. The Balaban J connectivity index is 1.37. The Morgan fingerprint density at radius 1 is 0.512 bits per heavy atom. The lowest BCUT2D eigenvalue weighted by Gasteiger charge is -2.29. The maximum Gasteiger partial charge on any atom is 0.171 e. The molecule has 0 radical (unpaired) electrons. The Hall–Kier alpha value is -3.96. The van der Waals surface area contributed by atoms with E-state index < -0.39 is 14.3 Å². The van der Waals surface area contributed by atoms with E-state index in [2.05, 4.69) is 38.1 Å². The zero-order valence-electron chi connectivity index (χ0n) is 24.5. The molecule has 2 aliphatic rings. The molecule has 0 aromatic heterocycles. The van der Waals surface area contributed by atoms with Crippen LogP contribution in [0.1, 0.15) is 37.8 Å². The molecule has 0 amide bonds. The highest BCUT2D eigenvalue weighted by Crippen LogP contribution is 2.60. The molecule has 4 heteroatoms. The first-order valence-electron chi connectivity index (χ1n) is 14.9. The second kappa shape index (κ2) is 10.6. The van der Waals surface area contributed by atoms with Crippen LogP contribution in [0.15, 0.2) is 156 Å². The molecule has 2 nitrogen and oxygen atoms in total. The summed E-state index contributed by atoms with van der Waals surface area (Å²) in [5, 5.41) is 5.27. The standard InChI is InChI=1S/C39H34O2P2/c1-39(2)37-27-33(42(40,29-15-7-3-8-16-29)30-17-9-4-10-18-30)23-25-35(37)36-26-24-34(28-38(36)39)43(41,31-19-11-5-12-20-31)32-21-13-6-14-22-32/h3-23,25,27-28H,24,26H2,1-2H3. The molecule has 0 saturated heterocycles. The molecule has 7 rings (SSSR count). The molecule has 0 fully saturated rings. The number of hydrogen-bond acceptors (Lipinski definition) is 2. The highest BCUT2D eigenvalue weighted by Gasteiger charge is 2.42. The first-order valence-corrected chi connectivity index (χ1v) is 18.3. The summed E-state index contributed by atoms with van der Waals surface area (Å²) in [6.07, 6.45) is 3.81. The minimum atomic E-state index is -3.10. The van der Waals surface area contributed by atoms with Crippen LogP contribution in [0.4, 0.5) is 0 Å². The van der Waals surface area contributed by atoms with Gasteiger partial charge in [-0.2, -0.15) is 0 Å². The third-order valence-corrected chi connectivity index (χ3v) is 15.5. The van der Waals surface area contributed by atoms with Gasteiger partial charge in [-0.05, 0) is 46.5 Å². The molecular formula is C39H34O2P2. The van der Waals surface area contributed by atoms with Crippen molar-refractivity contribution >= 4 is 46.4 Å². The van der Waals surface area contributed by atoms with Gasteiger partial charge in [0.25, 0.3) is 0 Å². The number of fused-ring (bicyclic) bond motifs is 2. The predicted octanol–water partition coefficient (Wildman–Crippen LogP) is 8.06. The number of rotatable bonds is 6. The van der Waals surface area contributed by atoms with Gasteiger partial charge < -0.3 is 9.13 Å². The maximum absolute atomic E-state index is 15.2. The van der Waals surface area contributed by atoms with E-state index in [9.17, 15) is 0 Å². The zero-order chi connectivity index (χ0) is 29.7. The Kier molecular flexibility index (Phi) is 6.89. The monoisotopic (exact) mass is 596 g/mol. The van der Waals surface area contributed by atoms with Gasteiger partial charge in [-0.25, -0.2) is 0 Å². The minimum absolute atomic E-state index is 0.331. The quantitative estimate of drug-likeness (QED) is 0.186. The molecule has 2 aliphatic carbocycles. The third-order valence-electron chi connectivity index (χ3n) is 9.19. The molecule has 0 saturated carbocycles. The van der Waals surface area contributed by atoms with Crippen LogP contribution in [0.3, 0.4) is 0 Å². The number of benzene rings is 5. The van der Waals surface area contributed by atoms with E-state index in [4.69, 9.17) is 0 Å². The van der Waals surface area contributed by atoms with Crippen molar-refractivity contribution in [3.05, 3.63) is 168 Å². The lowest BCUT2D eigenvalue weighted by Crippen LogP contribution is -2.27. The summed E-state index contributed by atoms with van der Waals surface area (Å²) in [6, 6.07) is 46.1. The molecule has 5 aromatic rings. The zero-order valence-corrected chi connectivity index (χ0v) is 26.3. The van der Waals surface area contributed by atoms with Gasteiger partial charge in [-0.1, -0.05) is 153 Å². The molecule has 0 N–H and O–H groups in total. The SMILES string of the molecule is CC1(C)C2=C(CCC(P(=O)(c3ccccc3)c3ccccc3)=C2)c2ccc(P(=O)(c3ccccc3)c3ccccc3)cc21. The van der Waals surface area contributed by atoms with Crippen LogP contribution in [0.25, 0.3) is 5.57 Å². The smallest absolute Gasteiger partial charge is 0.171 e. The molecule has 0 heterocycles. The normalized spacial score (nSPS) is 15.9. The first kappa shape index (κ1) is 27.8. The molecule has 0 bridgehead atoms. The average Bonchev–Trinajstić information content (AvgIpc) is 3.30. The maximum atomic E-state index is 15.2. The first-order chi connectivity index (χ1) is 20.8.